The maximum atomic E-state index is 11.6. The Kier molecular flexibility index (Phi) is 11.5. The van der Waals surface area contributed by atoms with Crippen LogP contribution in [0.15, 0.2) is 54.6 Å². The first-order valence-electron chi connectivity index (χ1n) is 7.85. The standard InChI is InChI=1S/C19H24O2S4/c1-14(2)17(20)22-10-12-24-19(16-8-6-5-7-9-16)25-13-11-23-18(21)15(3)4/h5-9,19H,1,3,10-13H2,2,4H3. The van der Waals surface area contributed by atoms with E-state index in [1.54, 1.807) is 13.8 Å². The molecule has 1 aromatic rings. The van der Waals surface area contributed by atoms with E-state index >= 15 is 0 Å². The number of thioether (sulfide) groups is 4. The van der Waals surface area contributed by atoms with Gasteiger partial charge >= 0.3 is 0 Å². The van der Waals surface area contributed by atoms with Crippen LogP contribution in [0.5, 0.6) is 0 Å². The van der Waals surface area contributed by atoms with Crippen LogP contribution >= 0.6 is 47.0 Å². The molecule has 0 fully saturated rings. The maximum absolute atomic E-state index is 11.6. The van der Waals surface area contributed by atoms with Crippen LogP contribution in [0.25, 0.3) is 0 Å². The number of benzene rings is 1. The highest BCUT2D eigenvalue weighted by molar-refractivity contribution is 8.19. The molecular weight excluding hydrogens is 388 g/mol. The lowest BCUT2D eigenvalue weighted by molar-refractivity contribution is -0.108. The van der Waals surface area contributed by atoms with Gasteiger partial charge in [0.2, 0.25) is 10.2 Å². The summed E-state index contributed by atoms with van der Waals surface area (Å²) in [5, 5.41) is 0.137. The van der Waals surface area contributed by atoms with Crippen molar-refractivity contribution in [2.75, 3.05) is 23.0 Å². The van der Waals surface area contributed by atoms with Crippen molar-refractivity contribution >= 4 is 57.3 Å². The molecule has 0 aromatic heterocycles. The lowest BCUT2D eigenvalue weighted by Gasteiger charge is -2.16. The fourth-order valence-electron chi connectivity index (χ4n) is 1.68. The SMILES string of the molecule is C=C(C)C(=O)SCCSC(SCCSC(=O)C(=C)C)c1ccccc1. The predicted octanol–water partition coefficient (Wildman–Crippen LogP) is 5.82. The summed E-state index contributed by atoms with van der Waals surface area (Å²) in [4.78, 5) is 23.2. The Morgan fingerprint density at radius 3 is 1.68 bits per heavy atom. The van der Waals surface area contributed by atoms with Gasteiger partial charge in [0.05, 0.1) is 4.58 Å². The lowest BCUT2D eigenvalue weighted by atomic mass is 10.2. The second kappa shape index (κ2) is 12.7. The van der Waals surface area contributed by atoms with Crippen molar-refractivity contribution in [1.29, 1.82) is 0 Å². The van der Waals surface area contributed by atoms with Crippen LogP contribution < -0.4 is 0 Å². The average molecular weight is 413 g/mol. The van der Waals surface area contributed by atoms with Gasteiger partial charge in [0.1, 0.15) is 0 Å². The van der Waals surface area contributed by atoms with Crippen molar-refractivity contribution in [3.63, 3.8) is 0 Å². The smallest absolute Gasteiger partial charge is 0.214 e. The molecular formula is C19H24O2S4. The van der Waals surface area contributed by atoms with Gasteiger partial charge in [0.15, 0.2) is 0 Å². The molecule has 0 aliphatic heterocycles. The Labute approximate surface area is 168 Å². The van der Waals surface area contributed by atoms with Crippen LogP contribution in [-0.2, 0) is 9.59 Å². The largest absolute Gasteiger partial charge is 0.282 e. The Hall–Kier alpha value is -0.560. The molecule has 0 aliphatic rings. The zero-order valence-electron chi connectivity index (χ0n) is 14.7. The Morgan fingerprint density at radius 1 is 0.840 bits per heavy atom. The fraction of sp³-hybridized carbons (Fsp3) is 0.368. The van der Waals surface area contributed by atoms with Crippen LogP contribution in [0.2, 0.25) is 0 Å². The van der Waals surface area contributed by atoms with Crippen LogP contribution in [0, 0.1) is 0 Å². The van der Waals surface area contributed by atoms with Crippen LogP contribution in [0.3, 0.4) is 0 Å². The third-order valence-electron chi connectivity index (χ3n) is 2.94. The highest BCUT2D eigenvalue weighted by atomic mass is 32.2. The minimum atomic E-state index is 0.0687. The number of rotatable bonds is 11. The molecule has 0 saturated carbocycles. The summed E-state index contributed by atoms with van der Waals surface area (Å²) in [6, 6.07) is 10.4. The molecule has 0 amide bonds. The van der Waals surface area contributed by atoms with E-state index in [9.17, 15) is 9.59 Å². The molecule has 0 spiro atoms. The Bertz CT molecular complexity index is 565. The molecule has 2 nitrogen and oxygen atoms in total. The molecule has 1 aromatic carbocycles. The zero-order chi connectivity index (χ0) is 18.7. The summed E-state index contributed by atoms with van der Waals surface area (Å²) in [6.45, 7) is 10.8. The normalized spacial score (nSPS) is 10.7. The van der Waals surface area contributed by atoms with Gasteiger partial charge in [-0.1, -0.05) is 67.0 Å². The van der Waals surface area contributed by atoms with Crippen molar-refractivity contribution in [1.82, 2.24) is 0 Å². The molecule has 0 heterocycles. The van der Waals surface area contributed by atoms with Crippen molar-refractivity contribution in [3.05, 3.63) is 60.2 Å². The second-order valence-corrected chi connectivity index (χ2v) is 10.2. The van der Waals surface area contributed by atoms with Crippen LogP contribution in [-0.4, -0.2) is 33.2 Å². The summed E-state index contributed by atoms with van der Waals surface area (Å²) in [5.41, 5.74) is 2.47. The summed E-state index contributed by atoms with van der Waals surface area (Å²) < 4.78 is 0.308. The van der Waals surface area contributed by atoms with E-state index in [-0.39, 0.29) is 10.2 Å². The highest BCUT2D eigenvalue weighted by Gasteiger charge is 2.13. The quantitative estimate of drug-likeness (QED) is 0.259. The third-order valence-corrected chi connectivity index (χ3v) is 8.34. The van der Waals surface area contributed by atoms with Crippen LogP contribution in [0.1, 0.15) is 24.0 Å². The van der Waals surface area contributed by atoms with Gasteiger partial charge in [0.25, 0.3) is 0 Å². The number of hydrogen-bond donors (Lipinski definition) is 0. The van der Waals surface area contributed by atoms with Gasteiger partial charge in [-0.15, -0.1) is 23.5 Å². The summed E-state index contributed by atoms with van der Waals surface area (Å²) in [5.74, 6) is 3.36. The van der Waals surface area contributed by atoms with Gasteiger partial charge in [0, 0.05) is 23.0 Å². The van der Waals surface area contributed by atoms with E-state index < -0.39 is 0 Å². The first-order chi connectivity index (χ1) is 11.9. The molecule has 0 atom stereocenters. The minimum absolute atomic E-state index is 0.0687. The average Bonchev–Trinajstić information content (AvgIpc) is 2.60. The predicted molar refractivity (Wildman–Crippen MR) is 119 cm³/mol. The van der Waals surface area contributed by atoms with Crippen LogP contribution in [0.4, 0.5) is 0 Å². The molecule has 0 N–H and O–H groups in total. The van der Waals surface area contributed by atoms with Crippen molar-refractivity contribution < 1.29 is 9.59 Å². The second-order valence-electron chi connectivity index (χ2n) is 5.32. The van der Waals surface area contributed by atoms with E-state index in [1.165, 1.54) is 29.1 Å². The first-order valence-corrected chi connectivity index (χ1v) is 11.9. The van der Waals surface area contributed by atoms with Crippen molar-refractivity contribution in [2.45, 2.75) is 18.4 Å². The maximum Gasteiger partial charge on any atom is 0.214 e. The van der Waals surface area contributed by atoms with Gasteiger partial charge in [-0.2, -0.15) is 0 Å². The van der Waals surface area contributed by atoms with E-state index in [0.717, 1.165) is 23.0 Å². The number of carbonyl (C=O) groups excluding carboxylic acids is 2. The summed E-state index contributed by atoms with van der Waals surface area (Å²) in [6.07, 6.45) is 0. The van der Waals surface area contributed by atoms with Gasteiger partial charge < -0.3 is 0 Å². The molecule has 136 valence electrons. The molecule has 0 unspecified atom stereocenters. The molecule has 0 aliphatic carbocycles. The van der Waals surface area contributed by atoms with Crippen molar-refractivity contribution in [3.8, 4) is 0 Å². The monoisotopic (exact) mass is 412 g/mol. The topological polar surface area (TPSA) is 34.1 Å². The minimum Gasteiger partial charge on any atom is -0.282 e. The Morgan fingerprint density at radius 2 is 1.28 bits per heavy atom. The molecule has 0 bridgehead atoms. The van der Waals surface area contributed by atoms with Gasteiger partial charge in [-0.25, -0.2) is 0 Å². The van der Waals surface area contributed by atoms with E-state index in [0.29, 0.717) is 15.7 Å². The molecule has 25 heavy (non-hydrogen) atoms. The summed E-state index contributed by atoms with van der Waals surface area (Å²) in [7, 11) is 0. The zero-order valence-corrected chi connectivity index (χ0v) is 17.9. The Balaban J connectivity index is 2.45. The molecule has 0 radical (unpaired) electrons. The summed E-state index contributed by atoms with van der Waals surface area (Å²) >= 11 is 6.34. The molecule has 0 saturated heterocycles. The third kappa shape index (κ3) is 9.64. The van der Waals surface area contributed by atoms with Gasteiger partial charge in [-0.05, 0) is 30.6 Å². The van der Waals surface area contributed by atoms with E-state index in [4.69, 9.17) is 0 Å². The fourth-order valence-corrected chi connectivity index (χ4v) is 6.07. The first kappa shape index (κ1) is 22.5. The lowest BCUT2D eigenvalue weighted by Crippen LogP contribution is -2.00. The van der Waals surface area contributed by atoms with E-state index in [2.05, 4.69) is 25.3 Å². The highest BCUT2D eigenvalue weighted by Crippen LogP contribution is 2.40. The molecule has 1 rings (SSSR count). The van der Waals surface area contributed by atoms with Gasteiger partial charge in [-0.3, -0.25) is 9.59 Å². The van der Waals surface area contributed by atoms with Crippen molar-refractivity contribution in [2.24, 2.45) is 0 Å². The van der Waals surface area contributed by atoms with E-state index in [1.807, 2.05) is 41.7 Å². The number of carbonyl (C=O) groups is 2. The molecule has 6 heteroatoms. The number of hydrogen-bond acceptors (Lipinski definition) is 6.